The van der Waals surface area contributed by atoms with Crippen LogP contribution in [0.5, 0.6) is 0 Å². The summed E-state index contributed by atoms with van der Waals surface area (Å²) >= 11 is 1.36. The maximum absolute atomic E-state index is 12.2. The van der Waals surface area contributed by atoms with Gasteiger partial charge in [0.2, 0.25) is 0 Å². The van der Waals surface area contributed by atoms with Crippen molar-refractivity contribution in [2.24, 2.45) is 4.99 Å². The second-order valence-electron chi connectivity index (χ2n) is 5.59. The Labute approximate surface area is 149 Å². The molecule has 0 atom stereocenters. The van der Waals surface area contributed by atoms with E-state index < -0.39 is 0 Å². The van der Waals surface area contributed by atoms with Crippen molar-refractivity contribution in [1.82, 2.24) is 10.3 Å². The molecule has 25 heavy (non-hydrogen) atoms. The van der Waals surface area contributed by atoms with E-state index in [1.54, 1.807) is 6.20 Å². The van der Waals surface area contributed by atoms with Gasteiger partial charge in [-0.15, -0.1) is 0 Å². The minimum Gasteiger partial charge on any atom is -0.301 e. The summed E-state index contributed by atoms with van der Waals surface area (Å²) in [5, 5.41) is 4.51. The number of aliphatic imine (C=N–C) groups is 1. The largest absolute Gasteiger partial charge is 0.301 e. The molecule has 122 valence electrons. The lowest BCUT2D eigenvalue weighted by molar-refractivity contribution is -0.115. The summed E-state index contributed by atoms with van der Waals surface area (Å²) in [4.78, 5) is 21.8. The van der Waals surface area contributed by atoms with E-state index in [9.17, 15) is 4.79 Å². The molecular weight excluding hydrogens is 330 g/mol. The third-order valence-corrected chi connectivity index (χ3v) is 4.80. The maximum atomic E-state index is 12.2. The molecule has 0 aliphatic carbocycles. The first-order chi connectivity index (χ1) is 12.3. The number of fused-ring (bicyclic) bond motifs is 1. The van der Waals surface area contributed by atoms with Gasteiger partial charge in [0, 0.05) is 17.1 Å². The number of para-hydroxylation sites is 1. The van der Waals surface area contributed by atoms with Gasteiger partial charge in [0.25, 0.3) is 5.91 Å². The lowest BCUT2D eigenvalue weighted by Crippen LogP contribution is -2.19. The van der Waals surface area contributed by atoms with E-state index in [-0.39, 0.29) is 5.91 Å². The molecule has 1 aromatic heterocycles. The summed E-state index contributed by atoms with van der Waals surface area (Å²) in [6, 6.07) is 19.8. The second kappa shape index (κ2) is 6.91. The van der Waals surface area contributed by atoms with Crippen LogP contribution in [0.25, 0.3) is 17.0 Å². The molecule has 1 aliphatic heterocycles. The minimum atomic E-state index is -0.121. The van der Waals surface area contributed by atoms with Crippen LogP contribution < -0.4 is 5.32 Å². The molecule has 0 radical (unpaired) electrons. The van der Waals surface area contributed by atoms with Gasteiger partial charge in [-0.2, -0.15) is 0 Å². The van der Waals surface area contributed by atoms with E-state index >= 15 is 0 Å². The monoisotopic (exact) mass is 345 g/mol. The number of pyridine rings is 1. The molecule has 1 amide bonds. The molecule has 1 aliphatic rings. The number of thioether (sulfide) groups is 1. The summed E-state index contributed by atoms with van der Waals surface area (Å²) in [6.45, 7) is 0.548. The zero-order chi connectivity index (χ0) is 17.1. The highest BCUT2D eigenvalue weighted by Crippen LogP contribution is 2.28. The molecule has 0 spiro atoms. The van der Waals surface area contributed by atoms with Crippen molar-refractivity contribution in [3.8, 4) is 0 Å². The number of nitrogens with one attached hydrogen (secondary N) is 1. The molecule has 1 saturated heterocycles. The first-order valence-corrected chi connectivity index (χ1v) is 8.74. The van der Waals surface area contributed by atoms with Crippen molar-refractivity contribution in [3.63, 3.8) is 0 Å². The number of carbonyl (C=O) groups excluding carboxylic acids is 1. The number of aromatic nitrogens is 1. The van der Waals surface area contributed by atoms with Gasteiger partial charge in [0.05, 0.1) is 17.0 Å². The van der Waals surface area contributed by atoms with Crippen LogP contribution in [0.15, 0.2) is 76.8 Å². The Kier molecular flexibility index (Phi) is 4.31. The van der Waals surface area contributed by atoms with Gasteiger partial charge >= 0.3 is 0 Å². The van der Waals surface area contributed by atoms with Crippen LogP contribution in [0.4, 0.5) is 0 Å². The smallest absolute Gasteiger partial charge is 0.264 e. The molecule has 2 aromatic carbocycles. The average molecular weight is 345 g/mol. The van der Waals surface area contributed by atoms with Crippen LogP contribution in [-0.4, -0.2) is 16.1 Å². The van der Waals surface area contributed by atoms with E-state index in [2.05, 4.69) is 15.3 Å². The highest BCUT2D eigenvalue weighted by Gasteiger charge is 2.23. The third-order valence-electron chi connectivity index (χ3n) is 3.85. The van der Waals surface area contributed by atoms with E-state index in [4.69, 9.17) is 0 Å². The SMILES string of the molecule is O=C1NC(=NCc2ccccc2)SC1=Cc1cccc2cccnc12. The molecule has 0 bridgehead atoms. The fraction of sp³-hybridized carbons (Fsp3) is 0.0500. The van der Waals surface area contributed by atoms with Gasteiger partial charge in [0.15, 0.2) is 5.17 Å². The first kappa shape index (κ1) is 15.6. The van der Waals surface area contributed by atoms with Crippen molar-refractivity contribution in [2.45, 2.75) is 6.54 Å². The second-order valence-corrected chi connectivity index (χ2v) is 6.62. The van der Waals surface area contributed by atoms with Crippen LogP contribution in [0, 0.1) is 0 Å². The van der Waals surface area contributed by atoms with Crippen molar-refractivity contribution in [3.05, 3.63) is 82.9 Å². The number of rotatable bonds is 3. The van der Waals surface area contributed by atoms with Crippen LogP contribution in [0.1, 0.15) is 11.1 Å². The third kappa shape index (κ3) is 3.46. The van der Waals surface area contributed by atoms with E-state index in [0.717, 1.165) is 22.0 Å². The summed E-state index contributed by atoms with van der Waals surface area (Å²) in [5.41, 5.74) is 2.93. The zero-order valence-corrected chi connectivity index (χ0v) is 14.2. The number of nitrogens with zero attached hydrogens (tertiary/aromatic N) is 2. The molecule has 2 heterocycles. The molecule has 3 aromatic rings. The maximum Gasteiger partial charge on any atom is 0.264 e. The van der Waals surface area contributed by atoms with Gasteiger partial charge in [-0.25, -0.2) is 0 Å². The summed E-state index contributed by atoms with van der Waals surface area (Å²) in [7, 11) is 0. The number of hydrogen-bond donors (Lipinski definition) is 1. The van der Waals surface area contributed by atoms with Crippen molar-refractivity contribution in [2.75, 3.05) is 0 Å². The van der Waals surface area contributed by atoms with Gasteiger partial charge in [-0.1, -0.05) is 54.6 Å². The highest BCUT2D eigenvalue weighted by molar-refractivity contribution is 8.18. The van der Waals surface area contributed by atoms with Gasteiger partial charge in [-0.05, 0) is 29.5 Å². The molecular formula is C20H15N3OS. The normalized spacial score (nSPS) is 17.4. The Morgan fingerprint density at radius 1 is 1.04 bits per heavy atom. The molecule has 1 N–H and O–H groups in total. The number of hydrogen-bond acceptors (Lipinski definition) is 4. The predicted octanol–water partition coefficient (Wildman–Crippen LogP) is 3.99. The predicted molar refractivity (Wildman–Crippen MR) is 103 cm³/mol. The minimum absolute atomic E-state index is 0.121. The van der Waals surface area contributed by atoms with Crippen molar-refractivity contribution >= 4 is 39.8 Å². The Bertz CT molecular complexity index is 991. The standard InChI is InChI=1S/C20H15N3OS/c24-19-17(12-16-9-4-8-15-10-5-11-21-18(15)16)25-20(23-19)22-13-14-6-2-1-3-7-14/h1-12H,13H2,(H,22,23,24). The van der Waals surface area contributed by atoms with Crippen LogP contribution >= 0.6 is 11.8 Å². The fourth-order valence-electron chi connectivity index (χ4n) is 2.63. The Morgan fingerprint density at radius 3 is 2.76 bits per heavy atom. The first-order valence-electron chi connectivity index (χ1n) is 7.92. The van der Waals surface area contributed by atoms with E-state index in [0.29, 0.717) is 16.6 Å². The Morgan fingerprint density at radius 2 is 1.88 bits per heavy atom. The number of amidine groups is 1. The molecule has 1 fully saturated rings. The topological polar surface area (TPSA) is 54.4 Å². The Balaban J connectivity index is 1.59. The Hall–Kier alpha value is -2.92. The molecule has 4 nitrogen and oxygen atoms in total. The summed E-state index contributed by atoms with van der Waals surface area (Å²) < 4.78 is 0. The molecule has 0 saturated carbocycles. The van der Waals surface area contributed by atoms with Gasteiger partial charge < -0.3 is 5.32 Å². The molecule has 0 unspecified atom stereocenters. The molecule has 4 rings (SSSR count). The highest BCUT2D eigenvalue weighted by atomic mass is 32.2. The van der Waals surface area contributed by atoms with E-state index in [1.807, 2.05) is 66.7 Å². The number of carbonyl (C=O) groups is 1. The van der Waals surface area contributed by atoms with Crippen LogP contribution in [0.2, 0.25) is 0 Å². The van der Waals surface area contributed by atoms with Crippen LogP contribution in [-0.2, 0) is 11.3 Å². The van der Waals surface area contributed by atoms with Crippen molar-refractivity contribution < 1.29 is 4.79 Å². The zero-order valence-electron chi connectivity index (χ0n) is 13.3. The molecule has 5 heteroatoms. The number of benzene rings is 2. The average Bonchev–Trinajstić information content (AvgIpc) is 3.01. The lowest BCUT2D eigenvalue weighted by Gasteiger charge is -2.01. The fourth-order valence-corrected chi connectivity index (χ4v) is 3.44. The number of amides is 1. The van der Waals surface area contributed by atoms with E-state index in [1.165, 1.54) is 11.8 Å². The van der Waals surface area contributed by atoms with Gasteiger partial charge in [-0.3, -0.25) is 14.8 Å². The lowest BCUT2D eigenvalue weighted by atomic mass is 10.1. The van der Waals surface area contributed by atoms with Crippen LogP contribution in [0.3, 0.4) is 0 Å². The quantitative estimate of drug-likeness (QED) is 0.730. The summed E-state index contributed by atoms with van der Waals surface area (Å²) in [5.74, 6) is -0.121. The summed E-state index contributed by atoms with van der Waals surface area (Å²) in [6.07, 6.45) is 3.64. The van der Waals surface area contributed by atoms with Gasteiger partial charge in [0.1, 0.15) is 0 Å². The van der Waals surface area contributed by atoms with Crippen molar-refractivity contribution in [1.29, 1.82) is 0 Å².